The number of methoxy groups -OCH3 is 1. The number of nitrogens with one attached hydrogen (secondary N) is 1. The van der Waals surface area contributed by atoms with Crippen molar-refractivity contribution in [3.8, 4) is 5.75 Å². The minimum absolute atomic E-state index is 0.558. The van der Waals surface area contributed by atoms with Crippen molar-refractivity contribution < 1.29 is 4.74 Å². The Kier molecular flexibility index (Phi) is 5.89. The van der Waals surface area contributed by atoms with Crippen LogP contribution in [0.1, 0.15) is 16.7 Å². The Labute approximate surface area is 133 Å². The molecule has 0 saturated heterocycles. The van der Waals surface area contributed by atoms with Crippen LogP contribution in [0.4, 0.5) is 0 Å². The van der Waals surface area contributed by atoms with Gasteiger partial charge in [-0.1, -0.05) is 40.2 Å². The van der Waals surface area contributed by atoms with Crippen molar-refractivity contribution in [1.29, 1.82) is 0 Å². The van der Waals surface area contributed by atoms with E-state index in [1.165, 1.54) is 5.56 Å². The second kappa shape index (κ2) is 7.67. The van der Waals surface area contributed by atoms with Crippen LogP contribution in [0.3, 0.4) is 0 Å². The Balaban J connectivity index is 1.93. The molecule has 106 valence electrons. The van der Waals surface area contributed by atoms with Gasteiger partial charge in [-0.15, -0.1) is 11.6 Å². The van der Waals surface area contributed by atoms with E-state index in [2.05, 4.69) is 51.6 Å². The summed E-state index contributed by atoms with van der Waals surface area (Å²) in [5.41, 5.74) is 3.52. The lowest BCUT2D eigenvalue weighted by Crippen LogP contribution is -2.13. The predicted octanol–water partition coefficient (Wildman–Crippen LogP) is 4.49. The molecule has 2 aromatic rings. The molecule has 0 fully saturated rings. The maximum Gasteiger partial charge on any atom is 0.123 e. The molecule has 0 radical (unpaired) electrons. The highest BCUT2D eigenvalue weighted by molar-refractivity contribution is 9.10. The maximum atomic E-state index is 5.78. The van der Waals surface area contributed by atoms with Crippen molar-refractivity contribution >= 4 is 27.5 Å². The Bertz CT molecular complexity index is 557. The standard InChI is InChI=1S/C16H17BrClNO/c1-20-16-7-6-15(17)8-14(16)11-19-10-13-4-2-12(9-18)3-5-13/h2-8,19H,9-11H2,1H3. The van der Waals surface area contributed by atoms with Crippen molar-refractivity contribution in [2.75, 3.05) is 7.11 Å². The highest BCUT2D eigenvalue weighted by atomic mass is 79.9. The van der Waals surface area contributed by atoms with Crippen LogP contribution >= 0.6 is 27.5 Å². The number of halogens is 2. The van der Waals surface area contributed by atoms with E-state index in [1.54, 1.807) is 7.11 Å². The van der Waals surface area contributed by atoms with Crippen LogP contribution in [-0.2, 0) is 19.0 Å². The van der Waals surface area contributed by atoms with Crippen LogP contribution in [0, 0.1) is 0 Å². The smallest absolute Gasteiger partial charge is 0.123 e. The van der Waals surface area contributed by atoms with E-state index in [9.17, 15) is 0 Å². The molecule has 2 nitrogen and oxygen atoms in total. The van der Waals surface area contributed by atoms with Crippen LogP contribution in [0.5, 0.6) is 5.75 Å². The molecule has 0 unspecified atom stereocenters. The molecular weight excluding hydrogens is 338 g/mol. The number of ether oxygens (including phenoxy) is 1. The fourth-order valence-corrected chi connectivity index (χ4v) is 2.56. The van der Waals surface area contributed by atoms with Crippen molar-refractivity contribution in [2.45, 2.75) is 19.0 Å². The minimum atomic E-state index is 0.558. The van der Waals surface area contributed by atoms with Gasteiger partial charge in [0.15, 0.2) is 0 Å². The number of hydrogen-bond acceptors (Lipinski definition) is 2. The van der Waals surface area contributed by atoms with Gasteiger partial charge in [-0.3, -0.25) is 0 Å². The maximum absolute atomic E-state index is 5.78. The van der Waals surface area contributed by atoms with Gasteiger partial charge >= 0.3 is 0 Å². The summed E-state index contributed by atoms with van der Waals surface area (Å²) in [7, 11) is 1.69. The first kappa shape index (κ1) is 15.4. The van der Waals surface area contributed by atoms with Crippen molar-refractivity contribution in [2.24, 2.45) is 0 Å². The highest BCUT2D eigenvalue weighted by Crippen LogP contribution is 2.22. The summed E-state index contributed by atoms with van der Waals surface area (Å²) < 4.78 is 6.41. The van der Waals surface area contributed by atoms with Gasteiger partial charge in [0, 0.05) is 29.0 Å². The summed E-state index contributed by atoms with van der Waals surface area (Å²) in [4.78, 5) is 0. The molecule has 2 aromatic carbocycles. The SMILES string of the molecule is COc1ccc(Br)cc1CNCc1ccc(CCl)cc1. The van der Waals surface area contributed by atoms with Gasteiger partial charge in [-0.05, 0) is 29.3 Å². The number of hydrogen-bond donors (Lipinski definition) is 1. The Hall–Kier alpha value is -1.03. The number of alkyl halides is 1. The molecule has 1 N–H and O–H groups in total. The highest BCUT2D eigenvalue weighted by Gasteiger charge is 2.03. The van der Waals surface area contributed by atoms with Crippen molar-refractivity contribution in [3.63, 3.8) is 0 Å². The molecule has 4 heteroatoms. The third kappa shape index (κ3) is 4.23. The summed E-state index contributed by atoms with van der Waals surface area (Å²) in [5.74, 6) is 1.46. The summed E-state index contributed by atoms with van der Waals surface area (Å²) in [6.45, 7) is 1.58. The average Bonchev–Trinajstić information content (AvgIpc) is 2.48. The van der Waals surface area contributed by atoms with Crippen LogP contribution in [0.2, 0.25) is 0 Å². The van der Waals surface area contributed by atoms with Crippen molar-refractivity contribution in [1.82, 2.24) is 5.32 Å². The Morgan fingerprint density at radius 3 is 2.40 bits per heavy atom. The third-order valence-corrected chi connectivity index (χ3v) is 3.87. The molecule has 0 aromatic heterocycles. The molecular formula is C16H17BrClNO. The lowest BCUT2D eigenvalue weighted by Gasteiger charge is -2.10. The molecule has 0 aliphatic rings. The lowest BCUT2D eigenvalue weighted by molar-refractivity contribution is 0.407. The molecule has 0 heterocycles. The normalized spacial score (nSPS) is 10.6. The monoisotopic (exact) mass is 353 g/mol. The topological polar surface area (TPSA) is 21.3 Å². The molecule has 0 saturated carbocycles. The first-order valence-electron chi connectivity index (χ1n) is 6.40. The second-order valence-electron chi connectivity index (χ2n) is 4.51. The molecule has 0 atom stereocenters. The van der Waals surface area contributed by atoms with Gasteiger partial charge < -0.3 is 10.1 Å². The molecule has 20 heavy (non-hydrogen) atoms. The first-order chi connectivity index (χ1) is 9.72. The third-order valence-electron chi connectivity index (χ3n) is 3.06. The van der Waals surface area contributed by atoms with E-state index in [0.717, 1.165) is 34.4 Å². The molecule has 0 amide bonds. The van der Waals surface area contributed by atoms with Crippen molar-refractivity contribution in [3.05, 3.63) is 63.6 Å². The molecule has 0 aliphatic carbocycles. The fraction of sp³-hybridized carbons (Fsp3) is 0.250. The largest absolute Gasteiger partial charge is 0.496 e. The van der Waals surface area contributed by atoms with E-state index in [-0.39, 0.29) is 0 Å². The number of rotatable bonds is 6. The predicted molar refractivity (Wildman–Crippen MR) is 87.2 cm³/mol. The zero-order valence-corrected chi connectivity index (χ0v) is 13.7. The zero-order valence-electron chi connectivity index (χ0n) is 11.3. The summed E-state index contributed by atoms with van der Waals surface area (Å²) >= 11 is 9.26. The van der Waals surface area contributed by atoms with Crippen LogP contribution in [0.25, 0.3) is 0 Å². The van der Waals surface area contributed by atoms with E-state index in [1.807, 2.05) is 12.1 Å². The first-order valence-corrected chi connectivity index (χ1v) is 7.72. The van der Waals surface area contributed by atoms with Gasteiger partial charge in [0.2, 0.25) is 0 Å². The average molecular weight is 355 g/mol. The van der Waals surface area contributed by atoms with E-state index in [4.69, 9.17) is 16.3 Å². The Morgan fingerprint density at radius 1 is 1.05 bits per heavy atom. The summed E-state index contributed by atoms with van der Waals surface area (Å²) in [6, 6.07) is 14.3. The van der Waals surface area contributed by atoms with Gasteiger partial charge in [-0.2, -0.15) is 0 Å². The molecule has 0 aliphatic heterocycles. The van der Waals surface area contributed by atoms with E-state index >= 15 is 0 Å². The Morgan fingerprint density at radius 2 is 1.75 bits per heavy atom. The minimum Gasteiger partial charge on any atom is -0.496 e. The van der Waals surface area contributed by atoms with Gasteiger partial charge in [0.1, 0.15) is 5.75 Å². The summed E-state index contributed by atoms with van der Waals surface area (Å²) in [6.07, 6.45) is 0. The number of benzene rings is 2. The van der Waals surface area contributed by atoms with Crippen LogP contribution in [-0.4, -0.2) is 7.11 Å². The van der Waals surface area contributed by atoms with Crippen LogP contribution in [0.15, 0.2) is 46.9 Å². The molecule has 2 rings (SSSR count). The molecule has 0 bridgehead atoms. The summed E-state index contributed by atoms with van der Waals surface area (Å²) in [5, 5.41) is 3.42. The quantitative estimate of drug-likeness (QED) is 0.772. The van der Waals surface area contributed by atoms with Crippen LogP contribution < -0.4 is 10.1 Å². The van der Waals surface area contributed by atoms with Gasteiger partial charge in [-0.25, -0.2) is 0 Å². The fourth-order valence-electron chi connectivity index (χ4n) is 1.97. The lowest BCUT2D eigenvalue weighted by atomic mass is 10.1. The molecule has 0 spiro atoms. The van der Waals surface area contributed by atoms with Gasteiger partial charge in [0.25, 0.3) is 0 Å². The van der Waals surface area contributed by atoms with E-state index < -0.39 is 0 Å². The van der Waals surface area contributed by atoms with E-state index in [0.29, 0.717) is 5.88 Å². The second-order valence-corrected chi connectivity index (χ2v) is 5.69. The zero-order chi connectivity index (χ0) is 14.4. The van der Waals surface area contributed by atoms with Gasteiger partial charge in [0.05, 0.1) is 7.11 Å².